The number of amides is 2. The molecular weight excluding hydrogens is 340 g/mol. The first-order valence-electron chi connectivity index (χ1n) is 8.02. The van der Waals surface area contributed by atoms with E-state index in [1.165, 1.54) is 25.1 Å². The van der Waals surface area contributed by atoms with Gasteiger partial charge in [-0.05, 0) is 29.9 Å². The lowest BCUT2D eigenvalue weighted by molar-refractivity contribution is -0.128. The topological polar surface area (TPSA) is 92.3 Å². The van der Waals surface area contributed by atoms with Crippen LogP contribution in [0.3, 0.4) is 0 Å². The number of carbonyl (C=O) groups excluding carboxylic acids is 2. The van der Waals surface area contributed by atoms with Crippen molar-refractivity contribution in [3.63, 3.8) is 0 Å². The minimum atomic E-state index is -4.12. The van der Waals surface area contributed by atoms with E-state index in [0.717, 1.165) is 0 Å². The van der Waals surface area contributed by atoms with Gasteiger partial charge in [0.25, 0.3) is 10.0 Å². The zero-order valence-corrected chi connectivity index (χ0v) is 15.7. The molecule has 1 aliphatic carbocycles. The smallest absolute Gasteiger partial charge is 0.266 e. The summed E-state index contributed by atoms with van der Waals surface area (Å²) in [6.07, 6.45) is 2.26. The van der Waals surface area contributed by atoms with Gasteiger partial charge in [0.1, 0.15) is 4.90 Å². The highest BCUT2D eigenvalue weighted by Gasteiger charge is 2.65. The molecule has 2 rings (SSSR count). The summed E-state index contributed by atoms with van der Waals surface area (Å²) in [6.45, 7) is 10.8. The zero-order valence-electron chi connectivity index (χ0n) is 14.9. The van der Waals surface area contributed by atoms with E-state index < -0.39 is 32.7 Å². The molecule has 2 atom stereocenters. The average molecular weight is 364 g/mol. The highest BCUT2D eigenvalue weighted by molar-refractivity contribution is 7.90. The van der Waals surface area contributed by atoms with Crippen molar-refractivity contribution in [3.8, 4) is 0 Å². The number of nitrogens with one attached hydrogen (secondary N) is 2. The fourth-order valence-electron chi connectivity index (χ4n) is 3.30. The first kappa shape index (κ1) is 19.2. The molecule has 25 heavy (non-hydrogen) atoms. The Hall–Kier alpha value is -2.15. The van der Waals surface area contributed by atoms with Crippen molar-refractivity contribution >= 4 is 27.5 Å². The number of rotatable bonds is 5. The Balaban J connectivity index is 2.35. The van der Waals surface area contributed by atoms with E-state index in [0.29, 0.717) is 6.42 Å². The minimum Gasteiger partial charge on any atom is -0.325 e. The number of carbonyl (C=O) groups is 2. The minimum absolute atomic E-state index is 0.0618. The first-order chi connectivity index (χ1) is 11.5. The van der Waals surface area contributed by atoms with Crippen LogP contribution in [0.4, 0.5) is 5.69 Å². The fraction of sp³-hybridized carbons (Fsp3) is 0.444. The van der Waals surface area contributed by atoms with Crippen LogP contribution in [0.25, 0.3) is 0 Å². The van der Waals surface area contributed by atoms with Gasteiger partial charge < -0.3 is 5.32 Å². The van der Waals surface area contributed by atoms with Gasteiger partial charge >= 0.3 is 0 Å². The second-order valence-electron chi connectivity index (χ2n) is 7.38. The molecule has 1 aromatic rings. The molecule has 2 N–H and O–H groups in total. The van der Waals surface area contributed by atoms with Gasteiger partial charge in [-0.2, -0.15) is 0 Å². The second-order valence-corrected chi connectivity index (χ2v) is 9.03. The molecule has 1 aliphatic rings. The van der Waals surface area contributed by atoms with Crippen molar-refractivity contribution in [1.82, 2.24) is 4.72 Å². The number of para-hydroxylation sites is 1. The molecule has 6 nitrogen and oxygen atoms in total. The van der Waals surface area contributed by atoms with Crippen LogP contribution in [0.15, 0.2) is 41.8 Å². The van der Waals surface area contributed by atoms with Gasteiger partial charge in [-0.25, -0.2) is 13.1 Å². The summed E-state index contributed by atoms with van der Waals surface area (Å²) in [7, 11) is -4.12. The van der Waals surface area contributed by atoms with Gasteiger partial charge in [-0.15, -0.1) is 6.58 Å². The molecule has 1 aromatic carbocycles. The lowest BCUT2D eigenvalue weighted by atomic mass is 9.75. The van der Waals surface area contributed by atoms with Gasteiger partial charge in [0, 0.05) is 6.92 Å². The molecule has 0 unspecified atom stereocenters. The lowest BCUT2D eigenvalue weighted by Crippen LogP contribution is -2.43. The van der Waals surface area contributed by atoms with E-state index in [9.17, 15) is 18.0 Å². The van der Waals surface area contributed by atoms with Crippen molar-refractivity contribution in [1.29, 1.82) is 0 Å². The van der Waals surface area contributed by atoms with Gasteiger partial charge in [0.15, 0.2) is 0 Å². The molecule has 1 saturated carbocycles. The predicted molar refractivity (Wildman–Crippen MR) is 96.3 cm³/mol. The van der Waals surface area contributed by atoms with E-state index in [4.69, 9.17) is 0 Å². The molecule has 7 heteroatoms. The normalized spacial score (nSPS) is 22.8. The van der Waals surface area contributed by atoms with Crippen LogP contribution < -0.4 is 10.0 Å². The van der Waals surface area contributed by atoms with Crippen LogP contribution in [0, 0.1) is 16.7 Å². The zero-order chi connectivity index (χ0) is 19.0. The molecule has 0 aromatic heterocycles. The summed E-state index contributed by atoms with van der Waals surface area (Å²) in [5, 5.41) is 2.47. The van der Waals surface area contributed by atoms with Gasteiger partial charge in [0.2, 0.25) is 11.8 Å². The summed E-state index contributed by atoms with van der Waals surface area (Å²) < 4.78 is 27.7. The molecule has 0 spiro atoms. The van der Waals surface area contributed by atoms with Gasteiger partial charge in [-0.1, -0.05) is 39.0 Å². The highest BCUT2D eigenvalue weighted by Crippen LogP contribution is 2.64. The standard InChI is InChI=1S/C18H24N2O4S/c1-6-13-11-18(13,17(3,4)5)16(22)20-25(23,24)15-10-8-7-9-14(15)19-12(2)21/h6-10,13H,1,11H2,2-5H3,(H,19,21)(H,20,22)/t13-,18-/m1/s1. The maximum absolute atomic E-state index is 12.8. The molecule has 0 heterocycles. The van der Waals surface area contributed by atoms with Crippen LogP contribution in [0.5, 0.6) is 0 Å². The first-order valence-corrected chi connectivity index (χ1v) is 9.50. The molecule has 1 fully saturated rings. The summed E-state index contributed by atoms with van der Waals surface area (Å²) in [5.74, 6) is -0.995. The Kier molecular flexibility index (Phi) is 4.83. The van der Waals surface area contributed by atoms with Crippen LogP contribution in [0.1, 0.15) is 34.1 Å². The van der Waals surface area contributed by atoms with Crippen molar-refractivity contribution in [2.75, 3.05) is 5.32 Å². The van der Waals surface area contributed by atoms with Crippen molar-refractivity contribution in [2.24, 2.45) is 16.7 Å². The summed E-state index contributed by atoms with van der Waals surface area (Å²) in [6, 6.07) is 5.97. The Morgan fingerprint density at radius 1 is 1.28 bits per heavy atom. The molecule has 0 aliphatic heterocycles. The second kappa shape index (κ2) is 6.29. The van der Waals surface area contributed by atoms with Crippen molar-refractivity contribution < 1.29 is 18.0 Å². The molecule has 0 saturated heterocycles. The Bertz CT molecular complexity index is 824. The van der Waals surface area contributed by atoms with E-state index >= 15 is 0 Å². The predicted octanol–water partition coefficient (Wildman–Crippen LogP) is 2.69. The highest BCUT2D eigenvalue weighted by atomic mass is 32.2. The third kappa shape index (κ3) is 3.46. The number of hydrogen-bond donors (Lipinski definition) is 2. The van der Waals surface area contributed by atoms with Crippen molar-refractivity contribution in [2.45, 2.75) is 39.0 Å². The van der Waals surface area contributed by atoms with Crippen molar-refractivity contribution in [3.05, 3.63) is 36.9 Å². The number of hydrogen-bond acceptors (Lipinski definition) is 4. The molecule has 2 amide bonds. The summed E-state index contributed by atoms with van der Waals surface area (Å²) >= 11 is 0. The molecule has 0 bridgehead atoms. The maximum Gasteiger partial charge on any atom is 0.266 e. The summed E-state index contributed by atoms with van der Waals surface area (Å²) in [5.41, 5.74) is -1.08. The van der Waals surface area contributed by atoms with E-state index in [1.807, 2.05) is 20.8 Å². The molecule has 136 valence electrons. The summed E-state index contributed by atoms with van der Waals surface area (Å²) in [4.78, 5) is 24.0. The lowest BCUT2D eigenvalue weighted by Gasteiger charge is -2.30. The number of allylic oxidation sites excluding steroid dienone is 1. The average Bonchev–Trinajstić information content (AvgIpc) is 3.22. The Morgan fingerprint density at radius 3 is 2.36 bits per heavy atom. The quantitative estimate of drug-likeness (QED) is 0.786. The van der Waals surface area contributed by atoms with Gasteiger partial charge in [-0.3, -0.25) is 9.59 Å². The third-order valence-corrected chi connectivity index (χ3v) is 6.15. The Labute approximate surface area is 148 Å². The van der Waals surface area contributed by atoms with Crippen LogP contribution in [0.2, 0.25) is 0 Å². The molecule has 0 radical (unpaired) electrons. The third-order valence-electron chi connectivity index (χ3n) is 4.76. The SMILES string of the molecule is C=C[C@@H]1C[C@@]1(C(=O)NS(=O)(=O)c1ccccc1NC(C)=O)C(C)(C)C. The monoisotopic (exact) mass is 364 g/mol. The van der Waals surface area contributed by atoms with E-state index in [-0.39, 0.29) is 16.5 Å². The number of sulfonamides is 1. The number of benzene rings is 1. The fourth-order valence-corrected chi connectivity index (χ4v) is 4.50. The van der Waals surface area contributed by atoms with Gasteiger partial charge in [0.05, 0.1) is 11.1 Å². The van der Waals surface area contributed by atoms with Crippen LogP contribution in [-0.4, -0.2) is 20.2 Å². The largest absolute Gasteiger partial charge is 0.325 e. The number of anilines is 1. The van der Waals surface area contributed by atoms with E-state index in [2.05, 4.69) is 16.6 Å². The molecular formula is C18H24N2O4S. The van der Waals surface area contributed by atoms with E-state index in [1.54, 1.807) is 12.1 Å². The van der Waals surface area contributed by atoms with Crippen LogP contribution in [-0.2, 0) is 19.6 Å². The maximum atomic E-state index is 12.8. The van der Waals surface area contributed by atoms with Crippen LogP contribution >= 0.6 is 0 Å². The Morgan fingerprint density at radius 2 is 1.88 bits per heavy atom.